The number of likely N-dealkylation sites (N-methyl/N-ethyl adjacent to an activating group) is 2. The Balaban J connectivity index is 2.59. The first kappa shape index (κ1) is 15.9. The van der Waals surface area contributed by atoms with Crippen molar-refractivity contribution in [3.05, 3.63) is 18.1 Å². The standard InChI is InChI=1S/C14H27N5/c1-6-15-14-9-16-13(8-17-14)11-19(7-2)12(3)10-18(4)5/h8-9,12H,6-7,10-11H2,1-5H3,(H,15,17). The van der Waals surface area contributed by atoms with Crippen molar-refractivity contribution in [1.82, 2.24) is 19.8 Å². The summed E-state index contributed by atoms with van der Waals surface area (Å²) in [4.78, 5) is 13.5. The Bertz CT molecular complexity index is 349. The van der Waals surface area contributed by atoms with Gasteiger partial charge in [-0.1, -0.05) is 6.92 Å². The van der Waals surface area contributed by atoms with Crippen LogP contribution in [0.3, 0.4) is 0 Å². The van der Waals surface area contributed by atoms with E-state index in [4.69, 9.17) is 0 Å². The molecular formula is C14H27N5. The largest absolute Gasteiger partial charge is 0.369 e. The predicted octanol–water partition coefficient (Wildman–Crippen LogP) is 1.68. The monoisotopic (exact) mass is 265 g/mol. The average molecular weight is 265 g/mol. The van der Waals surface area contributed by atoms with E-state index in [-0.39, 0.29) is 0 Å². The molecule has 1 aromatic rings. The van der Waals surface area contributed by atoms with Gasteiger partial charge in [0.15, 0.2) is 0 Å². The molecule has 0 aliphatic rings. The van der Waals surface area contributed by atoms with Gasteiger partial charge in [0, 0.05) is 25.7 Å². The van der Waals surface area contributed by atoms with Crippen LogP contribution in [0.2, 0.25) is 0 Å². The number of rotatable bonds is 8. The summed E-state index contributed by atoms with van der Waals surface area (Å²) < 4.78 is 0. The van der Waals surface area contributed by atoms with Crippen LogP contribution < -0.4 is 5.32 Å². The summed E-state index contributed by atoms with van der Waals surface area (Å²) in [5.41, 5.74) is 1.02. The van der Waals surface area contributed by atoms with Crippen molar-refractivity contribution in [2.75, 3.05) is 39.0 Å². The molecule has 1 N–H and O–H groups in total. The second-order valence-electron chi connectivity index (χ2n) is 5.10. The van der Waals surface area contributed by atoms with E-state index >= 15 is 0 Å². The number of aromatic nitrogens is 2. The minimum absolute atomic E-state index is 0.509. The minimum Gasteiger partial charge on any atom is -0.369 e. The molecule has 0 aliphatic carbocycles. The molecule has 0 aliphatic heterocycles. The molecule has 5 nitrogen and oxygen atoms in total. The highest BCUT2D eigenvalue weighted by molar-refractivity contribution is 5.30. The van der Waals surface area contributed by atoms with Crippen molar-refractivity contribution in [1.29, 1.82) is 0 Å². The van der Waals surface area contributed by atoms with Gasteiger partial charge in [-0.15, -0.1) is 0 Å². The summed E-state index contributed by atoms with van der Waals surface area (Å²) in [6.07, 6.45) is 3.67. The fourth-order valence-corrected chi connectivity index (χ4v) is 2.14. The Morgan fingerprint density at radius 1 is 1.21 bits per heavy atom. The maximum absolute atomic E-state index is 4.47. The van der Waals surface area contributed by atoms with Gasteiger partial charge in [-0.05, 0) is 34.5 Å². The van der Waals surface area contributed by atoms with Crippen molar-refractivity contribution in [3.8, 4) is 0 Å². The van der Waals surface area contributed by atoms with Crippen molar-refractivity contribution >= 4 is 5.82 Å². The van der Waals surface area contributed by atoms with E-state index < -0.39 is 0 Å². The van der Waals surface area contributed by atoms with Crippen molar-refractivity contribution in [2.45, 2.75) is 33.4 Å². The zero-order valence-corrected chi connectivity index (χ0v) is 12.8. The van der Waals surface area contributed by atoms with Gasteiger partial charge >= 0.3 is 0 Å². The average Bonchev–Trinajstić information content (AvgIpc) is 2.37. The second-order valence-corrected chi connectivity index (χ2v) is 5.10. The van der Waals surface area contributed by atoms with E-state index in [1.807, 2.05) is 12.4 Å². The van der Waals surface area contributed by atoms with Gasteiger partial charge in [0.1, 0.15) is 5.82 Å². The Hall–Kier alpha value is -1.20. The van der Waals surface area contributed by atoms with E-state index in [1.165, 1.54) is 0 Å². The Morgan fingerprint density at radius 3 is 2.42 bits per heavy atom. The van der Waals surface area contributed by atoms with Crippen LogP contribution in [0, 0.1) is 0 Å². The molecule has 1 heterocycles. The fourth-order valence-electron chi connectivity index (χ4n) is 2.14. The lowest BCUT2D eigenvalue weighted by Gasteiger charge is -2.29. The highest BCUT2D eigenvalue weighted by Crippen LogP contribution is 2.07. The van der Waals surface area contributed by atoms with Crippen LogP contribution in [-0.2, 0) is 6.54 Å². The van der Waals surface area contributed by atoms with Gasteiger partial charge in [0.2, 0.25) is 0 Å². The first-order valence-electron chi connectivity index (χ1n) is 7.00. The summed E-state index contributed by atoms with van der Waals surface area (Å²) >= 11 is 0. The van der Waals surface area contributed by atoms with Crippen LogP contribution in [0.4, 0.5) is 5.82 Å². The van der Waals surface area contributed by atoms with Crippen LogP contribution in [0.5, 0.6) is 0 Å². The van der Waals surface area contributed by atoms with Gasteiger partial charge in [-0.25, -0.2) is 4.98 Å². The van der Waals surface area contributed by atoms with Crippen LogP contribution in [0.25, 0.3) is 0 Å². The van der Waals surface area contributed by atoms with E-state index in [0.717, 1.165) is 37.7 Å². The van der Waals surface area contributed by atoms with Crippen LogP contribution >= 0.6 is 0 Å². The van der Waals surface area contributed by atoms with E-state index in [2.05, 4.69) is 60.0 Å². The molecule has 1 unspecified atom stereocenters. The third-order valence-corrected chi connectivity index (χ3v) is 3.09. The molecule has 19 heavy (non-hydrogen) atoms. The molecule has 108 valence electrons. The van der Waals surface area contributed by atoms with Crippen molar-refractivity contribution in [2.24, 2.45) is 0 Å². The van der Waals surface area contributed by atoms with Crippen molar-refractivity contribution < 1.29 is 0 Å². The van der Waals surface area contributed by atoms with Crippen LogP contribution in [0.15, 0.2) is 12.4 Å². The smallest absolute Gasteiger partial charge is 0.144 e. The Kier molecular flexibility index (Phi) is 6.73. The topological polar surface area (TPSA) is 44.3 Å². The molecule has 0 fully saturated rings. The van der Waals surface area contributed by atoms with Gasteiger partial charge < -0.3 is 10.2 Å². The molecule has 0 aromatic carbocycles. The predicted molar refractivity (Wildman–Crippen MR) is 80.3 cm³/mol. The normalized spacial score (nSPS) is 13.0. The molecule has 0 radical (unpaired) electrons. The van der Waals surface area contributed by atoms with E-state index in [0.29, 0.717) is 6.04 Å². The van der Waals surface area contributed by atoms with Gasteiger partial charge in [0.05, 0.1) is 18.1 Å². The number of hydrogen-bond donors (Lipinski definition) is 1. The lowest BCUT2D eigenvalue weighted by Crippen LogP contribution is -2.39. The molecule has 5 heteroatoms. The molecule has 1 atom stereocenters. The molecule has 0 spiro atoms. The highest BCUT2D eigenvalue weighted by atomic mass is 15.2. The zero-order chi connectivity index (χ0) is 14.3. The minimum atomic E-state index is 0.509. The third-order valence-electron chi connectivity index (χ3n) is 3.09. The number of hydrogen-bond acceptors (Lipinski definition) is 5. The maximum atomic E-state index is 4.47. The Morgan fingerprint density at radius 2 is 1.95 bits per heavy atom. The molecule has 1 aromatic heterocycles. The van der Waals surface area contributed by atoms with E-state index in [1.54, 1.807) is 0 Å². The third kappa shape index (κ3) is 5.53. The summed E-state index contributed by atoms with van der Waals surface area (Å²) in [6.45, 7) is 10.3. The van der Waals surface area contributed by atoms with Crippen LogP contribution in [0.1, 0.15) is 26.5 Å². The Labute approximate surface area is 117 Å². The molecular weight excluding hydrogens is 238 g/mol. The second kappa shape index (κ2) is 8.07. The van der Waals surface area contributed by atoms with Crippen molar-refractivity contribution in [3.63, 3.8) is 0 Å². The lowest BCUT2D eigenvalue weighted by molar-refractivity contribution is 0.172. The quantitative estimate of drug-likeness (QED) is 0.775. The number of nitrogens with zero attached hydrogens (tertiary/aromatic N) is 4. The molecule has 0 bridgehead atoms. The first-order chi connectivity index (χ1) is 9.06. The fraction of sp³-hybridized carbons (Fsp3) is 0.714. The summed E-state index contributed by atoms with van der Waals surface area (Å²) in [7, 11) is 4.21. The van der Waals surface area contributed by atoms with Crippen LogP contribution in [-0.4, -0.2) is 59.5 Å². The van der Waals surface area contributed by atoms with E-state index in [9.17, 15) is 0 Å². The number of nitrogens with one attached hydrogen (secondary N) is 1. The number of anilines is 1. The van der Waals surface area contributed by atoms with Gasteiger partial charge in [0.25, 0.3) is 0 Å². The maximum Gasteiger partial charge on any atom is 0.144 e. The van der Waals surface area contributed by atoms with Gasteiger partial charge in [-0.3, -0.25) is 9.88 Å². The summed E-state index contributed by atoms with van der Waals surface area (Å²) in [6, 6.07) is 0.509. The molecule has 1 rings (SSSR count). The zero-order valence-electron chi connectivity index (χ0n) is 12.8. The molecule has 0 amide bonds. The van der Waals surface area contributed by atoms with Gasteiger partial charge in [-0.2, -0.15) is 0 Å². The SMILES string of the molecule is CCNc1cnc(CN(CC)C(C)CN(C)C)cn1. The summed E-state index contributed by atoms with van der Waals surface area (Å²) in [5.74, 6) is 0.843. The molecule has 0 saturated carbocycles. The lowest BCUT2D eigenvalue weighted by atomic mass is 10.2. The summed E-state index contributed by atoms with van der Waals surface area (Å²) in [5, 5.41) is 3.16. The first-order valence-corrected chi connectivity index (χ1v) is 7.00. The molecule has 0 saturated heterocycles. The highest BCUT2D eigenvalue weighted by Gasteiger charge is 2.14.